The topological polar surface area (TPSA) is 49.8 Å². The van der Waals surface area contributed by atoms with E-state index >= 15 is 0 Å². The monoisotopic (exact) mass is 399 g/mol. The molecule has 0 bridgehead atoms. The van der Waals surface area contributed by atoms with Crippen LogP contribution in [0.5, 0.6) is 0 Å². The Labute approximate surface area is 175 Å². The Morgan fingerprint density at radius 3 is 2.48 bits per heavy atom. The number of piperidine rings is 1. The van der Waals surface area contributed by atoms with Crippen molar-refractivity contribution in [2.24, 2.45) is 16.7 Å². The van der Waals surface area contributed by atoms with Crippen molar-refractivity contribution in [3.05, 3.63) is 35.9 Å². The van der Waals surface area contributed by atoms with Gasteiger partial charge in [-0.05, 0) is 87.8 Å². The number of rotatable bonds is 10. The Kier molecular flexibility index (Phi) is 6.31. The smallest absolute Gasteiger partial charge is 0.310 e. The average molecular weight is 400 g/mol. The fourth-order valence-corrected chi connectivity index (χ4v) is 5.61. The summed E-state index contributed by atoms with van der Waals surface area (Å²) in [4.78, 5) is 14.1. The lowest BCUT2D eigenvalue weighted by Gasteiger charge is -2.46. The number of benzene rings is 1. The van der Waals surface area contributed by atoms with Crippen LogP contribution in [0.25, 0.3) is 0 Å². The van der Waals surface area contributed by atoms with Gasteiger partial charge in [-0.3, -0.25) is 4.79 Å². The summed E-state index contributed by atoms with van der Waals surface area (Å²) in [6.45, 7) is 6.52. The number of carbonyl (C=O) groups is 1. The molecule has 2 aliphatic carbocycles. The van der Waals surface area contributed by atoms with Crippen molar-refractivity contribution in [2.45, 2.75) is 64.2 Å². The summed E-state index contributed by atoms with van der Waals surface area (Å²) in [6.07, 6.45) is 8.94. The molecule has 1 aliphatic heterocycles. The van der Waals surface area contributed by atoms with Gasteiger partial charge in [-0.2, -0.15) is 0 Å². The molecule has 0 radical (unpaired) electrons. The Morgan fingerprint density at radius 2 is 1.90 bits per heavy atom. The highest BCUT2D eigenvalue weighted by molar-refractivity contribution is 5.76. The largest absolute Gasteiger partial charge is 0.481 e. The van der Waals surface area contributed by atoms with Crippen LogP contribution < -0.4 is 0 Å². The Balaban J connectivity index is 1.30. The van der Waals surface area contributed by atoms with E-state index in [1.807, 2.05) is 0 Å². The van der Waals surface area contributed by atoms with Gasteiger partial charge in [0.15, 0.2) is 0 Å². The molecule has 0 amide bonds. The molecular weight excluding hydrogens is 362 g/mol. The predicted octanol–water partition coefficient (Wildman–Crippen LogP) is 4.94. The van der Waals surface area contributed by atoms with Gasteiger partial charge in [0.1, 0.15) is 0 Å². The second kappa shape index (κ2) is 8.77. The molecule has 1 aromatic rings. The van der Waals surface area contributed by atoms with E-state index in [1.165, 1.54) is 24.8 Å². The molecule has 3 aliphatic rings. The van der Waals surface area contributed by atoms with E-state index < -0.39 is 11.4 Å². The maximum absolute atomic E-state index is 11.7. The standard InChI is InChI=1S/C25H37NO3/c1-2-29-19-24(12-9-21-17-22(21)20-7-4-3-5-8-20)13-15-26(16-14-24)18-25(23(27)28)10-6-11-25/h3-5,7-8,21-22H,2,6,9-19H2,1H3,(H,27,28)/t21-,22?/m1/s1. The first-order valence-corrected chi connectivity index (χ1v) is 11.6. The number of hydrogen-bond donors (Lipinski definition) is 1. The molecule has 0 aromatic heterocycles. The van der Waals surface area contributed by atoms with E-state index in [0.29, 0.717) is 0 Å². The van der Waals surface area contributed by atoms with Gasteiger partial charge in [0.2, 0.25) is 0 Å². The molecule has 4 nitrogen and oxygen atoms in total. The lowest BCUT2D eigenvalue weighted by atomic mass is 9.67. The molecule has 1 saturated heterocycles. The molecule has 3 fully saturated rings. The third-order valence-corrected chi connectivity index (χ3v) is 8.02. The van der Waals surface area contributed by atoms with Crippen LogP contribution in [0.3, 0.4) is 0 Å². The van der Waals surface area contributed by atoms with Gasteiger partial charge in [-0.25, -0.2) is 0 Å². The highest BCUT2D eigenvalue weighted by Crippen LogP contribution is 2.52. The molecular formula is C25H37NO3. The molecule has 4 rings (SSSR count). The summed E-state index contributed by atoms with van der Waals surface area (Å²) in [5.41, 5.74) is 1.33. The number of likely N-dealkylation sites (tertiary alicyclic amines) is 1. The van der Waals surface area contributed by atoms with Gasteiger partial charge >= 0.3 is 5.97 Å². The number of aliphatic carboxylic acids is 1. The predicted molar refractivity (Wildman–Crippen MR) is 115 cm³/mol. The van der Waals surface area contributed by atoms with Crippen LogP contribution >= 0.6 is 0 Å². The number of carboxylic acids is 1. The highest BCUT2D eigenvalue weighted by atomic mass is 16.5. The fraction of sp³-hybridized carbons (Fsp3) is 0.720. The minimum absolute atomic E-state index is 0.284. The summed E-state index contributed by atoms with van der Waals surface area (Å²) in [6, 6.07) is 11.0. The van der Waals surface area contributed by atoms with Crippen LogP contribution in [0.15, 0.2) is 30.3 Å². The van der Waals surface area contributed by atoms with Crippen LogP contribution in [0.1, 0.15) is 69.8 Å². The molecule has 1 aromatic carbocycles. The van der Waals surface area contributed by atoms with Crippen LogP contribution in [-0.4, -0.2) is 48.8 Å². The van der Waals surface area contributed by atoms with E-state index in [9.17, 15) is 9.90 Å². The van der Waals surface area contributed by atoms with E-state index in [-0.39, 0.29) is 5.41 Å². The zero-order valence-corrected chi connectivity index (χ0v) is 17.9. The number of ether oxygens (including phenoxy) is 1. The summed E-state index contributed by atoms with van der Waals surface area (Å²) in [5, 5.41) is 9.66. The molecule has 1 heterocycles. The molecule has 0 spiro atoms. The minimum Gasteiger partial charge on any atom is -0.481 e. The normalized spacial score (nSPS) is 27.9. The first-order chi connectivity index (χ1) is 14.1. The Bertz CT molecular complexity index is 677. The van der Waals surface area contributed by atoms with Crippen LogP contribution in [-0.2, 0) is 9.53 Å². The summed E-state index contributed by atoms with van der Waals surface area (Å²) >= 11 is 0. The van der Waals surface area contributed by atoms with Crippen molar-refractivity contribution >= 4 is 5.97 Å². The zero-order chi connectivity index (χ0) is 20.3. The summed E-state index contributed by atoms with van der Waals surface area (Å²) < 4.78 is 5.93. The summed E-state index contributed by atoms with van der Waals surface area (Å²) in [7, 11) is 0. The summed E-state index contributed by atoms with van der Waals surface area (Å²) in [5.74, 6) is 1.00. The van der Waals surface area contributed by atoms with Crippen molar-refractivity contribution in [1.29, 1.82) is 0 Å². The SMILES string of the molecule is CCOCC1(CC[C@@H]2CC2c2ccccc2)CCN(CC2(C(=O)O)CCC2)CC1. The lowest BCUT2D eigenvalue weighted by molar-refractivity contribution is -0.157. The number of hydrogen-bond acceptors (Lipinski definition) is 3. The second-order valence-electron chi connectivity index (χ2n) is 9.90. The maximum atomic E-state index is 11.7. The second-order valence-corrected chi connectivity index (χ2v) is 9.90. The van der Waals surface area contributed by atoms with Crippen LogP contribution in [0.4, 0.5) is 0 Å². The van der Waals surface area contributed by atoms with E-state index in [1.54, 1.807) is 0 Å². The number of nitrogens with zero attached hydrogens (tertiary/aromatic N) is 1. The van der Waals surface area contributed by atoms with Gasteiger partial charge in [0.25, 0.3) is 0 Å². The van der Waals surface area contributed by atoms with Crippen LogP contribution in [0.2, 0.25) is 0 Å². The zero-order valence-electron chi connectivity index (χ0n) is 17.9. The maximum Gasteiger partial charge on any atom is 0.310 e. The van der Waals surface area contributed by atoms with Crippen molar-refractivity contribution in [3.63, 3.8) is 0 Å². The Morgan fingerprint density at radius 1 is 1.17 bits per heavy atom. The third-order valence-electron chi connectivity index (χ3n) is 8.02. The molecule has 160 valence electrons. The molecule has 2 atom stereocenters. The first-order valence-electron chi connectivity index (χ1n) is 11.6. The Hall–Kier alpha value is -1.39. The highest BCUT2D eigenvalue weighted by Gasteiger charge is 2.47. The van der Waals surface area contributed by atoms with Crippen molar-refractivity contribution in [3.8, 4) is 0 Å². The van der Waals surface area contributed by atoms with Gasteiger partial charge in [0, 0.05) is 13.2 Å². The molecule has 1 unspecified atom stereocenters. The van der Waals surface area contributed by atoms with Crippen molar-refractivity contribution in [2.75, 3.05) is 32.8 Å². The van der Waals surface area contributed by atoms with E-state index in [0.717, 1.165) is 76.8 Å². The van der Waals surface area contributed by atoms with Gasteiger partial charge in [-0.1, -0.05) is 36.8 Å². The van der Waals surface area contributed by atoms with Crippen LogP contribution in [0, 0.1) is 16.7 Å². The fourth-order valence-electron chi connectivity index (χ4n) is 5.61. The minimum atomic E-state index is -0.587. The average Bonchev–Trinajstić information content (AvgIpc) is 3.49. The first kappa shape index (κ1) is 20.9. The van der Waals surface area contributed by atoms with Crippen molar-refractivity contribution in [1.82, 2.24) is 4.90 Å². The lowest BCUT2D eigenvalue weighted by Crippen LogP contribution is -2.51. The van der Waals surface area contributed by atoms with Crippen molar-refractivity contribution < 1.29 is 14.6 Å². The number of carboxylic acid groups (broad SMARTS) is 1. The quantitative estimate of drug-likeness (QED) is 0.605. The van der Waals surface area contributed by atoms with Gasteiger partial charge in [0.05, 0.1) is 12.0 Å². The van der Waals surface area contributed by atoms with Gasteiger partial charge in [-0.15, -0.1) is 0 Å². The van der Waals surface area contributed by atoms with Gasteiger partial charge < -0.3 is 14.7 Å². The molecule has 1 N–H and O–H groups in total. The molecule has 29 heavy (non-hydrogen) atoms. The van der Waals surface area contributed by atoms with E-state index in [2.05, 4.69) is 42.2 Å². The molecule has 4 heteroatoms. The van der Waals surface area contributed by atoms with E-state index in [4.69, 9.17) is 4.74 Å². The molecule has 2 saturated carbocycles. The third kappa shape index (κ3) is 4.69.